The second-order valence-corrected chi connectivity index (χ2v) is 7.42. The van der Waals surface area contributed by atoms with E-state index in [9.17, 15) is 4.79 Å². The zero-order valence-electron chi connectivity index (χ0n) is 18.5. The lowest BCUT2D eigenvalue weighted by molar-refractivity contribution is 0.102. The van der Waals surface area contributed by atoms with Crippen LogP contribution in [0, 0.1) is 0 Å². The lowest BCUT2D eigenvalue weighted by atomic mass is 10.0. The molecule has 31 heavy (non-hydrogen) atoms. The minimum Gasteiger partial charge on any atom is -0.497 e. The van der Waals surface area contributed by atoms with Gasteiger partial charge in [-0.15, -0.1) is 0 Å². The highest BCUT2D eigenvalue weighted by atomic mass is 16.5. The third-order valence-corrected chi connectivity index (χ3v) is 4.87. The number of rotatable bonds is 9. The van der Waals surface area contributed by atoms with Gasteiger partial charge in [-0.3, -0.25) is 4.79 Å². The molecule has 5 nitrogen and oxygen atoms in total. The topological polar surface area (TPSA) is 56.8 Å². The molecule has 1 amide bonds. The fourth-order valence-electron chi connectivity index (χ4n) is 3.28. The summed E-state index contributed by atoms with van der Waals surface area (Å²) >= 11 is 0. The van der Waals surface area contributed by atoms with E-state index in [-0.39, 0.29) is 5.91 Å². The molecule has 3 rings (SSSR count). The molecule has 3 aromatic carbocycles. The first kappa shape index (κ1) is 22.2. The monoisotopic (exact) mass is 419 g/mol. The number of para-hydroxylation sites is 1. The summed E-state index contributed by atoms with van der Waals surface area (Å²) in [5.41, 5.74) is 3.16. The summed E-state index contributed by atoms with van der Waals surface area (Å²) in [6.45, 7) is 7.04. The Morgan fingerprint density at radius 1 is 0.935 bits per heavy atom. The summed E-state index contributed by atoms with van der Waals surface area (Å²) in [6, 6.07) is 20.7. The molecule has 0 atom stereocenters. The number of anilines is 1. The molecular weight excluding hydrogens is 390 g/mol. The van der Waals surface area contributed by atoms with Crippen molar-refractivity contribution in [2.75, 3.05) is 19.0 Å². The predicted molar refractivity (Wildman–Crippen MR) is 123 cm³/mol. The summed E-state index contributed by atoms with van der Waals surface area (Å²) in [6.07, 6.45) is 0. The van der Waals surface area contributed by atoms with E-state index in [2.05, 4.69) is 25.2 Å². The van der Waals surface area contributed by atoms with Crippen molar-refractivity contribution >= 4 is 11.6 Å². The Labute approximate surface area is 184 Å². The molecule has 0 heterocycles. The van der Waals surface area contributed by atoms with E-state index in [0.717, 1.165) is 16.9 Å². The molecule has 3 aromatic rings. The summed E-state index contributed by atoms with van der Waals surface area (Å²) < 4.78 is 17.1. The summed E-state index contributed by atoms with van der Waals surface area (Å²) in [4.78, 5) is 12.8. The first-order chi connectivity index (χ1) is 15.0. The number of ether oxygens (including phenoxy) is 3. The maximum atomic E-state index is 12.8. The second kappa shape index (κ2) is 10.5. The number of benzene rings is 3. The molecular formula is C26H29NO4. The van der Waals surface area contributed by atoms with E-state index >= 15 is 0 Å². The number of nitrogens with one attached hydrogen (secondary N) is 1. The molecule has 162 valence electrons. The molecule has 0 unspecified atom stereocenters. The number of amides is 1. The van der Waals surface area contributed by atoms with Gasteiger partial charge in [-0.1, -0.05) is 38.1 Å². The highest BCUT2D eigenvalue weighted by molar-refractivity contribution is 6.04. The van der Waals surface area contributed by atoms with Gasteiger partial charge in [0.25, 0.3) is 5.91 Å². The number of methoxy groups -OCH3 is 1. The standard InChI is InChI=1S/C26H29NO4/c1-5-30-24-14-13-19(26(28)27-21-9-8-10-22(16-21)29-4)15-20(24)17-31-25-12-7-6-11-23(25)18(2)3/h6-16,18H,5,17H2,1-4H3,(H,27,28). The number of hydrogen-bond donors (Lipinski definition) is 1. The molecule has 0 radical (unpaired) electrons. The van der Waals surface area contributed by atoms with Crippen molar-refractivity contribution in [2.24, 2.45) is 0 Å². The van der Waals surface area contributed by atoms with Gasteiger partial charge < -0.3 is 19.5 Å². The van der Waals surface area contributed by atoms with Crippen molar-refractivity contribution in [3.63, 3.8) is 0 Å². The Bertz CT molecular complexity index is 1030. The first-order valence-electron chi connectivity index (χ1n) is 10.4. The van der Waals surface area contributed by atoms with E-state index in [1.54, 1.807) is 19.2 Å². The van der Waals surface area contributed by atoms with Crippen LogP contribution in [0.2, 0.25) is 0 Å². The highest BCUT2D eigenvalue weighted by Crippen LogP contribution is 2.29. The maximum absolute atomic E-state index is 12.8. The van der Waals surface area contributed by atoms with Crippen molar-refractivity contribution in [3.05, 3.63) is 83.4 Å². The van der Waals surface area contributed by atoms with Crippen LogP contribution < -0.4 is 19.5 Å². The smallest absolute Gasteiger partial charge is 0.255 e. The van der Waals surface area contributed by atoms with E-state index in [1.165, 1.54) is 0 Å². The van der Waals surface area contributed by atoms with Gasteiger partial charge in [-0.05, 0) is 54.8 Å². The van der Waals surface area contributed by atoms with Crippen LogP contribution in [-0.2, 0) is 6.61 Å². The molecule has 0 saturated heterocycles. The van der Waals surface area contributed by atoms with Crippen LogP contribution in [0.25, 0.3) is 0 Å². The van der Waals surface area contributed by atoms with Gasteiger partial charge in [0, 0.05) is 22.9 Å². The van der Waals surface area contributed by atoms with Gasteiger partial charge in [0.15, 0.2) is 0 Å². The van der Waals surface area contributed by atoms with Crippen LogP contribution in [0.1, 0.15) is 48.2 Å². The predicted octanol–water partition coefficient (Wildman–Crippen LogP) is 6.05. The van der Waals surface area contributed by atoms with Gasteiger partial charge >= 0.3 is 0 Å². The van der Waals surface area contributed by atoms with Crippen LogP contribution in [0.3, 0.4) is 0 Å². The molecule has 0 fully saturated rings. The zero-order valence-corrected chi connectivity index (χ0v) is 18.5. The van der Waals surface area contributed by atoms with Crippen LogP contribution >= 0.6 is 0 Å². The quantitative estimate of drug-likeness (QED) is 0.459. The molecule has 0 aromatic heterocycles. The molecule has 0 aliphatic heterocycles. The Balaban J connectivity index is 1.81. The van der Waals surface area contributed by atoms with Crippen LogP contribution in [0.15, 0.2) is 66.7 Å². The molecule has 0 spiro atoms. The van der Waals surface area contributed by atoms with Crippen molar-refractivity contribution < 1.29 is 19.0 Å². The van der Waals surface area contributed by atoms with E-state index in [1.807, 2.05) is 55.5 Å². The molecule has 0 aliphatic carbocycles. The largest absolute Gasteiger partial charge is 0.497 e. The fraction of sp³-hybridized carbons (Fsp3) is 0.269. The fourth-order valence-corrected chi connectivity index (χ4v) is 3.28. The maximum Gasteiger partial charge on any atom is 0.255 e. The summed E-state index contributed by atoms with van der Waals surface area (Å²) in [7, 11) is 1.59. The number of carbonyl (C=O) groups excluding carboxylic acids is 1. The first-order valence-corrected chi connectivity index (χ1v) is 10.4. The average Bonchev–Trinajstić information content (AvgIpc) is 2.78. The average molecular weight is 420 g/mol. The lowest BCUT2D eigenvalue weighted by Gasteiger charge is -2.16. The van der Waals surface area contributed by atoms with Crippen LogP contribution in [0.5, 0.6) is 17.2 Å². The van der Waals surface area contributed by atoms with Crippen molar-refractivity contribution in [3.8, 4) is 17.2 Å². The Hall–Kier alpha value is -3.47. The molecule has 0 aliphatic rings. The van der Waals surface area contributed by atoms with Gasteiger partial charge in [0.05, 0.1) is 13.7 Å². The summed E-state index contributed by atoms with van der Waals surface area (Å²) in [5, 5.41) is 2.91. The SMILES string of the molecule is CCOc1ccc(C(=O)Nc2cccc(OC)c2)cc1COc1ccccc1C(C)C. The minimum atomic E-state index is -0.208. The second-order valence-electron chi connectivity index (χ2n) is 7.42. The van der Waals surface area contributed by atoms with E-state index in [0.29, 0.717) is 41.9 Å². The van der Waals surface area contributed by atoms with Crippen molar-refractivity contribution in [1.82, 2.24) is 0 Å². The third kappa shape index (κ3) is 5.79. The Morgan fingerprint density at radius 3 is 2.48 bits per heavy atom. The molecule has 0 saturated carbocycles. The highest BCUT2D eigenvalue weighted by Gasteiger charge is 2.13. The van der Waals surface area contributed by atoms with E-state index < -0.39 is 0 Å². The molecule has 0 bridgehead atoms. The Kier molecular flexibility index (Phi) is 7.55. The molecule has 5 heteroatoms. The third-order valence-electron chi connectivity index (χ3n) is 4.87. The van der Waals surface area contributed by atoms with Crippen LogP contribution in [-0.4, -0.2) is 19.6 Å². The zero-order chi connectivity index (χ0) is 22.2. The molecule has 1 N–H and O–H groups in total. The normalized spacial score (nSPS) is 10.6. The van der Waals surface area contributed by atoms with Crippen LogP contribution in [0.4, 0.5) is 5.69 Å². The van der Waals surface area contributed by atoms with Crippen molar-refractivity contribution in [1.29, 1.82) is 0 Å². The van der Waals surface area contributed by atoms with Gasteiger partial charge in [0.2, 0.25) is 0 Å². The Morgan fingerprint density at radius 2 is 1.74 bits per heavy atom. The van der Waals surface area contributed by atoms with Gasteiger partial charge in [0.1, 0.15) is 23.9 Å². The van der Waals surface area contributed by atoms with Crippen molar-refractivity contribution in [2.45, 2.75) is 33.3 Å². The number of carbonyl (C=O) groups is 1. The van der Waals surface area contributed by atoms with E-state index in [4.69, 9.17) is 14.2 Å². The van der Waals surface area contributed by atoms with Gasteiger partial charge in [-0.2, -0.15) is 0 Å². The lowest BCUT2D eigenvalue weighted by Crippen LogP contribution is -2.13. The summed E-state index contributed by atoms with van der Waals surface area (Å²) in [5.74, 6) is 2.37. The minimum absolute atomic E-state index is 0.208. The number of hydrogen-bond acceptors (Lipinski definition) is 4. The van der Waals surface area contributed by atoms with Gasteiger partial charge in [-0.25, -0.2) is 0 Å².